The lowest BCUT2D eigenvalue weighted by Gasteiger charge is -2.13. The van der Waals surface area contributed by atoms with Crippen LogP contribution >= 0.6 is 11.3 Å². The number of aromatic amines is 1. The van der Waals surface area contributed by atoms with E-state index in [0.717, 1.165) is 29.0 Å². The van der Waals surface area contributed by atoms with E-state index < -0.39 is 6.10 Å². The average Bonchev–Trinajstić information content (AvgIpc) is 3.03. The highest BCUT2D eigenvalue weighted by atomic mass is 32.1. The fourth-order valence-electron chi connectivity index (χ4n) is 2.59. The van der Waals surface area contributed by atoms with Crippen LogP contribution in [0.1, 0.15) is 5.56 Å². The zero-order valence-electron chi connectivity index (χ0n) is 15.6. The number of hydrogen-bond acceptors (Lipinski definition) is 8. The summed E-state index contributed by atoms with van der Waals surface area (Å²) in [7, 11) is 0. The van der Waals surface area contributed by atoms with Crippen LogP contribution in [0.15, 0.2) is 53.3 Å². The van der Waals surface area contributed by atoms with Crippen molar-refractivity contribution in [1.82, 2.24) is 10.3 Å². The van der Waals surface area contributed by atoms with Crippen LogP contribution in [0.25, 0.3) is 0 Å². The van der Waals surface area contributed by atoms with Crippen LogP contribution < -0.4 is 20.2 Å². The lowest BCUT2D eigenvalue weighted by molar-refractivity contribution is 0.106. The Kier molecular flexibility index (Phi) is 7.12. The molecule has 0 aliphatic heterocycles. The molecule has 0 aliphatic carbocycles. The Hall–Kier alpha value is -3.01. The van der Waals surface area contributed by atoms with Gasteiger partial charge in [0.25, 0.3) is 0 Å². The van der Waals surface area contributed by atoms with Gasteiger partial charge in [0.1, 0.15) is 24.2 Å². The molecule has 2 aromatic carbocycles. The number of hydrogen-bond donors (Lipinski definition) is 6. The molecule has 154 valence electrons. The number of aromatic hydroxyl groups is 2. The number of phenols is 1. The maximum atomic E-state index is 11.2. The summed E-state index contributed by atoms with van der Waals surface area (Å²) in [5.74, 6) is 0.597. The third-order valence-corrected chi connectivity index (χ3v) is 4.88. The first-order valence-electron chi connectivity index (χ1n) is 9.08. The van der Waals surface area contributed by atoms with Crippen molar-refractivity contribution in [3.8, 4) is 17.4 Å². The summed E-state index contributed by atoms with van der Waals surface area (Å²) in [6.45, 7) is 1.27. The van der Waals surface area contributed by atoms with Gasteiger partial charge in [0.15, 0.2) is 5.00 Å². The summed E-state index contributed by atoms with van der Waals surface area (Å²) >= 11 is 0.909. The van der Waals surface area contributed by atoms with Gasteiger partial charge in [-0.05, 0) is 54.9 Å². The van der Waals surface area contributed by atoms with E-state index in [9.17, 15) is 20.1 Å². The predicted molar refractivity (Wildman–Crippen MR) is 113 cm³/mol. The average molecular weight is 417 g/mol. The zero-order valence-corrected chi connectivity index (χ0v) is 16.4. The Morgan fingerprint density at radius 3 is 2.45 bits per heavy atom. The number of aliphatic hydroxyl groups excluding tert-OH is 1. The van der Waals surface area contributed by atoms with E-state index in [1.54, 1.807) is 12.1 Å². The molecule has 1 heterocycles. The normalized spacial score (nSPS) is 11.9. The van der Waals surface area contributed by atoms with Crippen molar-refractivity contribution in [1.29, 1.82) is 0 Å². The Morgan fingerprint density at radius 1 is 1.07 bits per heavy atom. The summed E-state index contributed by atoms with van der Waals surface area (Å²) in [4.78, 5) is 13.2. The van der Waals surface area contributed by atoms with Crippen LogP contribution in [0.5, 0.6) is 17.4 Å². The van der Waals surface area contributed by atoms with Crippen molar-refractivity contribution in [3.05, 3.63) is 63.8 Å². The lowest BCUT2D eigenvalue weighted by atomic mass is 10.1. The summed E-state index contributed by atoms with van der Waals surface area (Å²) in [6, 6.07) is 14.0. The second-order valence-electron chi connectivity index (χ2n) is 6.43. The number of aliphatic hydroxyl groups is 1. The smallest absolute Gasteiger partial charge is 0.309 e. The second-order valence-corrected chi connectivity index (χ2v) is 7.41. The minimum atomic E-state index is -0.642. The van der Waals surface area contributed by atoms with Gasteiger partial charge in [0.05, 0.1) is 0 Å². The molecule has 0 spiro atoms. The van der Waals surface area contributed by atoms with Crippen LogP contribution in [-0.4, -0.2) is 46.1 Å². The first-order valence-corrected chi connectivity index (χ1v) is 9.90. The van der Waals surface area contributed by atoms with Crippen LogP contribution in [0.3, 0.4) is 0 Å². The van der Waals surface area contributed by atoms with Crippen molar-refractivity contribution >= 4 is 22.0 Å². The second kappa shape index (κ2) is 9.97. The molecule has 0 saturated heterocycles. The Labute approximate surface area is 171 Å². The fraction of sp³-hybridized carbons (Fsp3) is 0.250. The number of thiazole rings is 1. The van der Waals surface area contributed by atoms with E-state index in [0.29, 0.717) is 23.8 Å². The van der Waals surface area contributed by atoms with Gasteiger partial charge in [-0.15, -0.1) is 0 Å². The van der Waals surface area contributed by atoms with Crippen molar-refractivity contribution in [2.24, 2.45) is 0 Å². The Bertz CT molecular complexity index is 953. The van der Waals surface area contributed by atoms with Gasteiger partial charge in [-0.3, -0.25) is 9.78 Å². The van der Waals surface area contributed by atoms with Crippen LogP contribution in [0.4, 0.5) is 10.7 Å². The molecule has 1 atom stereocenters. The quantitative estimate of drug-likeness (QED) is 0.279. The molecule has 0 saturated carbocycles. The number of benzene rings is 2. The van der Waals surface area contributed by atoms with Gasteiger partial charge < -0.3 is 30.7 Å². The van der Waals surface area contributed by atoms with E-state index in [1.165, 1.54) is 12.1 Å². The number of nitrogens with one attached hydrogen (secondary N) is 3. The van der Waals surface area contributed by atoms with Crippen LogP contribution in [0, 0.1) is 0 Å². The molecule has 1 aromatic heterocycles. The highest BCUT2D eigenvalue weighted by Crippen LogP contribution is 2.27. The van der Waals surface area contributed by atoms with Gasteiger partial charge in [-0.2, -0.15) is 0 Å². The summed E-state index contributed by atoms with van der Waals surface area (Å²) < 4.78 is 5.46. The first-order chi connectivity index (χ1) is 14.0. The van der Waals surface area contributed by atoms with Crippen molar-refractivity contribution < 1.29 is 20.1 Å². The Morgan fingerprint density at radius 2 is 1.79 bits per heavy atom. The monoisotopic (exact) mass is 417 g/mol. The van der Waals surface area contributed by atoms with Crippen LogP contribution in [-0.2, 0) is 6.42 Å². The molecule has 29 heavy (non-hydrogen) atoms. The molecule has 0 fully saturated rings. The molecule has 0 unspecified atom stereocenters. The van der Waals surface area contributed by atoms with Gasteiger partial charge in [0.2, 0.25) is 5.88 Å². The van der Waals surface area contributed by atoms with Gasteiger partial charge in [-0.1, -0.05) is 23.5 Å². The third-order valence-electron chi connectivity index (χ3n) is 4.09. The molecular formula is C20H23N3O5S. The minimum absolute atomic E-state index is 0.163. The molecule has 0 bridgehead atoms. The van der Waals surface area contributed by atoms with E-state index >= 15 is 0 Å². The molecule has 0 radical (unpaired) electrons. The predicted octanol–water partition coefficient (Wildman–Crippen LogP) is 2.16. The van der Waals surface area contributed by atoms with E-state index in [-0.39, 0.29) is 23.1 Å². The molecule has 3 rings (SSSR count). The summed E-state index contributed by atoms with van der Waals surface area (Å²) in [6.07, 6.45) is 0.144. The van der Waals surface area contributed by atoms with E-state index in [2.05, 4.69) is 15.6 Å². The SMILES string of the molecule is O=c1[nH]c(O)c(Nc2ccc(CCNC[C@H](O)COc3ccc(O)cc3)cc2)s1. The molecular weight excluding hydrogens is 394 g/mol. The molecule has 0 amide bonds. The van der Waals surface area contributed by atoms with Crippen molar-refractivity contribution in [3.63, 3.8) is 0 Å². The van der Waals surface area contributed by atoms with Crippen molar-refractivity contribution in [2.45, 2.75) is 12.5 Å². The van der Waals surface area contributed by atoms with Gasteiger partial charge in [-0.25, -0.2) is 0 Å². The number of rotatable bonds is 10. The zero-order chi connectivity index (χ0) is 20.6. The molecule has 6 N–H and O–H groups in total. The summed E-state index contributed by atoms with van der Waals surface area (Å²) in [5.41, 5.74) is 1.89. The van der Waals surface area contributed by atoms with Crippen LogP contribution in [0.2, 0.25) is 0 Å². The molecule has 8 nitrogen and oxygen atoms in total. The summed E-state index contributed by atoms with van der Waals surface area (Å²) in [5, 5.41) is 35.4. The number of ether oxygens (including phenoxy) is 1. The van der Waals surface area contributed by atoms with Gasteiger partial charge in [0, 0.05) is 12.2 Å². The fourth-order valence-corrected chi connectivity index (χ4v) is 3.24. The maximum Gasteiger partial charge on any atom is 0.309 e. The topological polar surface area (TPSA) is 127 Å². The number of phenolic OH excluding ortho intramolecular Hbond substituents is 1. The first kappa shape index (κ1) is 20.7. The molecule has 3 aromatic rings. The lowest BCUT2D eigenvalue weighted by Crippen LogP contribution is -2.32. The van der Waals surface area contributed by atoms with Gasteiger partial charge >= 0.3 is 4.87 Å². The number of anilines is 2. The number of H-pyrrole nitrogens is 1. The third kappa shape index (κ3) is 6.53. The minimum Gasteiger partial charge on any atom is -0.508 e. The van der Waals surface area contributed by atoms with Crippen molar-refractivity contribution in [2.75, 3.05) is 25.0 Å². The number of aromatic nitrogens is 1. The standard InChI is InChI=1S/C20H23N3O5S/c24-15-5-7-17(8-6-15)28-12-16(25)11-21-10-9-13-1-3-14(4-2-13)22-19-18(26)23-20(27)29-19/h1-8,16,21-22,24-26H,9-12H2,(H,23,27)/t16-/m0/s1. The largest absolute Gasteiger partial charge is 0.508 e. The molecule has 0 aliphatic rings. The Balaban J connectivity index is 1.35. The van der Waals surface area contributed by atoms with E-state index in [1.807, 2.05) is 24.3 Å². The highest BCUT2D eigenvalue weighted by Gasteiger charge is 2.07. The highest BCUT2D eigenvalue weighted by molar-refractivity contribution is 7.13. The maximum absolute atomic E-state index is 11.2. The molecule has 9 heteroatoms. The van der Waals surface area contributed by atoms with E-state index in [4.69, 9.17) is 4.74 Å².